The van der Waals surface area contributed by atoms with Crippen LogP contribution in [-0.2, 0) is 19.6 Å². The third kappa shape index (κ3) is 4.33. The number of piperazine rings is 1. The summed E-state index contributed by atoms with van der Waals surface area (Å²) in [6, 6.07) is 4.96. The molecular formula is C15H21N3O6S. The van der Waals surface area contributed by atoms with Gasteiger partial charge in [0.1, 0.15) is 6.10 Å². The maximum absolute atomic E-state index is 12.7. The normalized spacial score (nSPS) is 17.3. The molecule has 25 heavy (non-hydrogen) atoms. The molecule has 10 heteroatoms. The van der Waals surface area contributed by atoms with E-state index in [4.69, 9.17) is 4.74 Å². The number of carbonyl (C=O) groups is 1. The Morgan fingerprint density at radius 1 is 1.32 bits per heavy atom. The van der Waals surface area contributed by atoms with E-state index in [0.29, 0.717) is 6.61 Å². The molecule has 1 atom stereocenters. The number of ether oxygens (including phenoxy) is 1. The summed E-state index contributed by atoms with van der Waals surface area (Å²) in [7, 11) is -3.84. The molecular weight excluding hydrogens is 350 g/mol. The van der Waals surface area contributed by atoms with Gasteiger partial charge in [-0.3, -0.25) is 14.9 Å². The molecule has 1 amide bonds. The van der Waals surface area contributed by atoms with Crippen LogP contribution >= 0.6 is 0 Å². The van der Waals surface area contributed by atoms with Gasteiger partial charge in [0.15, 0.2) is 0 Å². The molecule has 1 aliphatic heterocycles. The third-order valence-corrected chi connectivity index (χ3v) is 5.88. The van der Waals surface area contributed by atoms with E-state index in [1.807, 2.05) is 0 Å². The van der Waals surface area contributed by atoms with Gasteiger partial charge in [-0.15, -0.1) is 0 Å². The summed E-state index contributed by atoms with van der Waals surface area (Å²) in [5, 5.41) is 10.8. The first-order chi connectivity index (χ1) is 11.8. The first kappa shape index (κ1) is 19.3. The van der Waals surface area contributed by atoms with E-state index in [0.717, 1.165) is 6.07 Å². The quantitative estimate of drug-likeness (QED) is 0.542. The SMILES string of the molecule is CCOC(C)C(=O)N1CCN(S(=O)(=O)c2cccc([N+](=O)[O-])c2)CC1. The maximum Gasteiger partial charge on any atom is 0.270 e. The topological polar surface area (TPSA) is 110 Å². The Kier molecular flexibility index (Phi) is 6.09. The lowest BCUT2D eigenvalue weighted by Crippen LogP contribution is -2.52. The zero-order valence-electron chi connectivity index (χ0n) is 14.1. The predicted octanol–water partition coefficient (Wildman–Crippen LogP) is 0.853. The number of carbonyl (C=O) groups excluding carboxylic acids is 1. The van der Waals surface area contributed by atoms with Gasteiger partial charge in [-0.25, -0.2) is 8.42 Å². The minimum Gasteiger partial charge on any atom is -0.369 e. The molecule has 0 bridgehead atoms. The number of nitro groups is 1. The molecule has 1 saturated heterocycles. The molecule has 9 nitrogen and oxygen atoms in total. The van der Waals surface area contributed by atoms with Crippen molar-refractivity contribution < 1.29 is 22.9 Å². The molecule has 1 unspecified atom stereocenters. The summed E-state index contributed by atoms with van der Waals surface area (Å²) in [5.74, 6) is -0.172. The molecule has 2 rings (SSSR count). The summed E-state index contributed by atoms with van der Waals surface area (Å²) < 4.78 is 31.8. The van der Waals surface area contributed by atoms with Gasteiger partial charge in [-0.2, -0.15) is 4.31 Å². The highest BCUT2D eigenvalue weighted by Crippen LogP contribution is 2.22. The highest BCUT2D eigenvalue weighted by atomic mass is 32.2. The molecule has 0 radical (unpaired) electrons. The fourth-order valence-electron chi connectivity index (χ4n) is 2.63. The molecule has 0 N–H and O–H groups in total. The van der Waals surface area contributed by atoms with Crippen LogP contribution in [0.1, 0.15) is 13.8 Å². The number of rotatable bonds is 6. The van der Waals surface area contributed by atoms with E-state index in [-0.39, 0.29) is 42.7 Å². The number of amides is 1. The zero-order chi connectivity index (χ0) is 18.6. The standard InChI is InChI=1S/C15H21N3O6S/c1-3-24-12(2)15(19)16-7-9-17(10-8-16)25(22,23)14-6-4-5-13(11-14)18(20)21/h4-6,11-12H,3,7-10H2,1-2H3. The van der Waals surface area contributed by atoms with Crippen molar-refractivity contribution in [2.45, 2.75) is 24.8 Å². The second-order valence-electron chi connectivity index (χ2n) is 5.58. The van der Waals surface area contributed by atoms with Crippen LogP contribution in [0.4, 0.5) is 5.69 Å². The molecule has 1 fully saturated rings. The largest absolute Gasteiger partial charge is 0.369 e. The second kappa shape index (κ2) is 7.89. The molecule has 0 aliphatic carbocycles. The number of benzene rings is 1. The second-order valence-corrected chi connectivity index (χ2v) is 7.52. The van der Waals surface area contributed by atoms with Crippen molar-refractivity contribution in [3.8, 4) is 0 Å². The number of nitrogens with zero attached hydrogens (tertiary/aromatic N) is 3. The highest BCUT2D eigenvalue weighted by Gasteiger charge is 2.32. The van der Waals surface area contributed by atoms with Crippen molar-refractivity contribution in [1.82, 2.24) is 9.21 Å². The lowest BCUT2D eigenvalue weighted by molar-refractivity contribution is -0.385. The Bertz CT molecular complexity index is 743. The van der Waals surface area contributed by atoms with E-state index in [9.17, 15) is 23.3 Å². The lowest BCUT2D eigenvalue weighted by Gasteiger charge is -2.35. The van der Waals surface area contributed by atoms with Crippen LogP contribution in [0, 0.1) is 10.1 Å². The number of nitro benzene ring substituents is 1. The molecule has 1 aliphatic rings. The average molecular weight is 371 g/mol. The Morgan fingerprint density at radius 3 is 2.52 bits per heavy atom. The monoisotopic (exact) mass is 371 g/mol. The third-order valence-electron chi connectivity index (χ3n) is 3.98. The molecule has 1 heterocycles. The Morgan fingerprint density at radius 2 is 1.96 bits per heavy atom. The minimum absolute atomic E-state index is 0.121. The summed E-state index contributed by atoms with van der Waals surface area (Å²) in [6.45, 7) is 4.67. The van der Waals surface area contributed by atoms with Gasteiger partial charge in [0.05, 0.1) is 9.82 Å². The number of sulfonamides is 1. The fourth-order valence-corrected chi connectivity index (χ4v) is 4.10. The molecule has 0 aromatic heterocycles. The van der Waals surface area contributed by atoms with Crippen LogP contribution in [0.2, 0.25) is 0 Å². The van der Waals surface area contributed by atoms with Gasteiger partial charge >= 0.3 is 0 Å². The maximum atomic E-state index is 12.7. The van der Waals surface area contributed by atoms with E-state index in [2.05, 4.69) is 0 Å². The molecule has 1 aromatic carbocycles. The summed E-state index contributed by atoms with van der Waals surface area (Å²) in [5.41, 5.74) is -0.277. The molecule has 0 saturated carbocycles. The van der Waals surface area contributed by atoms with Crippen LogP contribution in [0.5, 0.6) is 0 Å². The van der Waals surface area contributed by atoms with Crippen molar-refractivity contribution in [3.05, 3.63) is 34.4 Å². The molecule has 1 aromatic rings. The smallest absolute Gasteiger partial charge is 0.270 e. The van der Waals surface area contributed by atoms with Gasteiger partial charge in [0.2, 0.25) is 10.0 Å². The van der Waals surface area contributed by atoms with E-state index < -0.39 is 21.1 Å². The van der Waals surface area contributed by atoms with Crippen LogP contribution in [0.25, 0.3) is 0 Å². The van der Waals surface area contributed by atoms with Crippen LogP contribution in [0.3, 0.4) is 0 Å². The number of non-ortho nitro benzene ring substituents is 1. The first-order valence-electron chi connectivity index (χ1n) is 7.92. The van der Waals surface area contributed by atoms with E-state index in [1.54, 1.807) is 18.7 Å². The minimum atomic E-state index is -3.84. The number of hydrogen-bond donors (Lipinski definition) is 0. The van der Waals surface area contributed by atoms with Gasteiger partial charge in [0.25, 0.3) is 11.6 Å². The Labute approximate surface area is 146 Å². The Balaban J connectivity index is 2.08. The van der Waals surface area contributed by atoms with Crippen molar-refractivity contribution in [1.29, 1.82) is 0 Å². The molecule has 138 valence electrons. The van der Waals surface area contributed by atoms with Gasteiger partial charge < -0.3 is 9.64 Å². The van der Waals surface area contributed by atoms with E-state index in [1.165, 1.54) is 22.5 Å². The molecule has 0 spiro atoms. The van der Waals surface area contributed by atoms with Crippen molar-refractivity contribution in [3.63, 3.8) is 0 Å². The number of hydrogen-bond acceptors (Lipinski definition) is 6. The average Bonchev–Trinajstić information content (AvgIpc) is 2.61. The van der Waals surface area contributed by atoms with Gasteiger partial charge in [-0.1, -0.05) is 6.07 Å². The fraction of sp³-hybridized carbons (Fsp3) is 0.533. The zero-order valence-corrected chi connectivity index (χ0v) is 14.9. The van der Waals surface area contributed by atoms with Crippen molar-refractivity contribution >= 4 is 21.6 Å². The van der Waals surface area contributed by atoms with E-state index >= 15 is 0 Å². The first-order valence-corrected chi connectivity index (χ1v) is 9.36. The Hall–Kier alpha value is -2.04. The van der Waals surface area contributed by atoms with Crippen LogP contribution in [0.15, 0.2) is 29.2 Å². The van der Waals surface area contributed by atoms with Gasteiger partial charge in [-0.05, 0) is 19.9 Å². The van der Waals surface area contributed by atoms with Crippen LogP contribution < -0.4 is 0 Å². The van der Waals surface area contributed by atoms with Crippen LogP contribution in [-0.4, -0.2) is 67.3 Å². The van der Waals surface area contributed by atoms with Crippen molar-refractivity contribution in [2.75, 3.05) is 32.8 Å². The lowest BCUT2D eigenvalue weighted by atomic mass is 10.3. The summed E-state index contributed by atoms with van der Waals surface area (Å²) in [6.07, 6.45) is -0.565. The predicted molar refractivity (Wildman–Crippen MR) is 89.5 cm³/mol. The highest BCUT2D eigenvalue weighted by molar-refractivity contribution is 7.89. The van der Waals surface area contributed by atoms with Gasteiger partial charge in [0, 0.05) is 44.9 Å². The van der Waals surface area contributed by atoms with Crippen molar-refractivity contribution in [2.24, 2.45) is 0 Å². The summed E-state index contributed by atoms with van der Waals surface area (Å²) >= 11 is 0. The summed E-state index contributed by atoms with van der Waals surface area (Å²) in [4.78, 5) is 23.8.